The molecule has 4 nitrogen and oxygen atoms in total. The third-order valence-electron chi connectivity index (χ3n) is 2.04. The molecule has 0 amide bonds. The molecular formula is C11H12N4S. The van der Waals surface area contributed by atoms with Crippen LogP contribution in [0.5, 0.6) is 0 Å². The second-order valence-electron chi connectivity index (χ2n) is 3.13. The average Bonchev–Trinajstić information content (AvgIpc) is 2.30. The zero-order valence-corrected chi connectivity index (χ0v) is 9.66. The molecule has 1 aromatic carbocycles. The maximum atomic E-state index is 5.52. The highest BCUT2D eigenvalue weighted by atomic mass is 32.2. The molecule has 0 bridgehead atoms. The minimum atomic E-state index is 0.270. The Balaban J connectivity index is 2.26. The zero-order valence-electron chi connectivity index (χ0n) is 8.84. The van der Waals surface area contributed by atoms with Crippen molar-refractivity contribution >= 4 is 29.2 Å². The topological polar surface area (TPSA) is 63.8 Å². The Morgan fingerprint density at radius 2 is 2.06 bits per heavy atom. The fraction of sp³-hybridized carbons (Fsp3) is 0.0909. The van der Waals surface area contributed by atoms with Crippen LogP contribution in [0.2, 0.25) is 0 Å². The molecular weight excluding hydrogens is 220 g/mol. The molecule has 1 aromatic heterocycles. The predicted octanol–water partition coefficient (Wildman–Crippen LogP) is 2.52. The highest BCUT2D eigenvalue weighted by molar-refractivity contribution is 7.98. The lowest BCUT2D eigenvalue weighted by Gasteiger charge is -2.09. The van der Waals surface area contributed by atoms with E-state index in [0.717, 1.165) is 5.69 Å². The molecule has 0 aliphatic heterocycles. The number of hydrogen-bond donors (Lipinski definition) is 2. The van der Waals surface area contributed by atoms with Crippen molar-refractivity contribution in [1.82, 2.24) is 9.97 Å². The summed E-state index contributed by atoms with van der Waals surface area (Å²) >= 11 is 1.68. The van der Waals surface area contributed by atoms with Gasteiger partial charge in [0, 0.05) is 11.1 Å². The Hall–Kier alpha value is -1.75. The number of para-hydroxylation sites is 1. The third kappa shape index (κ3) is 2.43. The molecule has 0 spiro atoms. The van der Waals surface area contributed by atoms with Gasteiger partial charge in [-0.2, -0.15) is 4.98 Å². The Kier molecular flexibility index (Phi) is 3.26. The van der Waals surface area contributed by atoms with Crippen LogP contribution in [0.15, 0.2) is 41.4 Å². The van der Waals surface area contributed by atoms with Gasteiger partial charge in [-0.15, -0.1) is 11.8 Å². The molecule has 82 valence electrons. The fourth-order valence-electron chi connectivity index (χ4n) is 1.33. The van der Waals surface area contributed by atoms with Crippen molar-refractivity contribution in [1.29, 1.82) is 0 Å². The molecule has 0 fully saturated rings. The van der Waals surface area contributed by atoms with Gasteiger partial charge < -0.3 is 11.1 Å². The lowest BCUT2D eigenvalue weighted by atomic mass is 10.3. The molecule has 5 heteroatoms. The molecule has 0 aliphatic rings. The van der Waals surface area contributed by atoms with Crippen molar-refractivity contribution < 1.29 is 0 Å². The highest BCUT2D eigenvalue weighted by Crippen LogP contribution is 2.26. The summed E-state index contributed by atoms with van der Waals surface area (Å²) in [4.78, 5) is 9.10. The quantitative estimate of drug-likeness (QED) is 0.796. The van der Waals surface area contributed by atoms with Crippen molar-refractivity contribution in [3.05, 3.63) is 36.5 Å². The summed E-state index contributed by atoms with van der Waals surface area (Å²) < 4.78 is 0. The molecule has 0 radical (unpaired) electrons. The fourth-order valence-corrected chi connectivity index (χ4v) is 1.88. The van der Waals surface area contributed by atoms with E-state index in [4.69, 9.17) is 5.73 Å². The number of benzene rings is 1. The van der Waals surface area contributed by atoms with Crippen LogP contribution in [0.3, 0.4) is 0 Å². The van der Waals surface area contributed by atoms with Gasteiger partial charge in [-0.3, -0.25) is 0 Å². The molecule has 2 rings (SSSR count). The monoisotopic (exact) mass is 232 g/mol. The first kappa shape index (κ1) is 10.8. The molecule has 0 saturated heterocycles. The minimum Gasteiger partial charge on any atom is -0.368 e. The van der Waals surface area contributed by atoms with Crippen LogP contribution in [-0.2, 0) is 0 Å². The number of nitrogens with one attached hydrogen (secondary N) is 1. The molecule has 0 aliphatic carbocycles. The van der Waals surface area contributed by atoms with Crippen molar-refractivity contribution in [3.8, 4) is 0 Å². The van der Waals surface area contributed by atoms with Crippen LogP contribution in [-0.4, -0.2) is 16.2 Å². The van der Waals surface area contributed by atoms with Crippen LogP contribution >= 0.6 is 11.8 Å². The van der Waals surface area contributed by atoms with E-state index in [1.807, 2.05) is 24.5 Å². The van der Waals surface area contributed by atoms with Gasteiger partial charge in [0.2, 0.25) is 5.95 Å². The minimum absolute atomic E-state index is 0.270. The first-order valence-corrected chi connectivity index (χ1v) is 6.00. The molecule has 0 unspecified atom stereocenters. The number of nitrogens with zero attached hydrogens (tertiary/aromatic N) is 2. The van der Waals surface area contributed by atoms with Gasteiger partial charge in [0.05, 0.1) is 5.69 Å². The van der Waals surface area contributed by atoms with Gasteiger partial charge in [0.15, 0.2) is 0 Å². The number of nitrogens with two attached hydrogens (primary N) is 1. The third-order valence-corrected chi connectivity index (χ3v) is 2.84. The van der Waals surface area contributed by atoms with Crippen LogP contribution in [0, 0.1) is 0 Å². The Bertz CT molecular complexity index is 487. The Labute approximate surface area is 98.3 Å². The maximum absolute atomic E-state index is 5.52. The second kappa shape index (κ2) is 4.85. The van der Waals surface area contributed by atoms with E-state index >= 15 is 0 Å². The summed E-state index contributed by atoms with van der Waals surface area (Å²) in [6.45, 7) is 0. The standard InChI is InChI=1S/C11H12N4S/c1-16-9-5-3-2-4-8(9)14-10-6-7-13-11(12)15-10/h2-7H,1H3,(H3,12,13,14,15). The van der Waals surface area contributed by atoms with Gasteiger partial charge >= 0.3 is 0 Å². The van der Waals surface area contributed by atoms with Crippen LogP contribution in [0.25, 0.3) is 0 Å². The first-order valence-electron chi connectivity index (χ1n) is 4.78. The van der Waals surface area contributed by atoms with Crippen molar-refractivity contribution in [2.45, 2.75) is 4.90 Å². The summed E-state index contributed by atoms with van der Waals surface area (Å²) in [5, 5.41) is 3.21. The molecule has 0 saturated carbocycles. The SMILES string of the molecule is CSc1ccccc1Nc1ccnc(N)n1. The first-order chi connectivity index (χ1) is 7.79. The number of nitrogen functional groups attached to an aromatic ring is 1. The van der Waals surface area contributed by atoms with Gasteiger partial charge in [0.25, 0.3) is 0 Å². The zero-order chi connectivity index (χ0) is 11.4. The second-order valence-corrected chi connectivity index (χ2v) is 3.97. The molecule has 0 atom stereocenters. The lowest BCUT2D eigenvalue weighted by molar-refractivity contribution is 1.18. The summed E-state index contributed by atoms with van der Waals surface area (Å²) in [7, 11) is 0. The summed E-state index contributed by atoms with van der Waals surface area (Å²) in [6.07, 6.45) is 3.67. The van der Waals surface area contributed by atoms with Crippen LogP contribution in [0.1, 0.15) is 0 Å². The van der Waals surface area contributed by atoms with E-state index in [0.29, 0.717) is 5.82 Å². The molecule has 16 heavy (non-hydrogen) atoms. The van der Waals surface area contributed by atoms with Gasteiger partial charge in [0.1, 0.15) is 5.82 Å². The normalized spacial score (nSPS) is 10.1. The lowest BCUT2D eigenvalue weighted by Crippen LogP contribution is -1.99. The number of aromatic nitrogens is 2. The summed E-state index contributed by atoms with van der Waals surface area (Å²) in [5.74, 6) is 0.973. The van der Waals surface area contributed by atoms with Crippen molar-refractivity contribution in [2.24, 2.45) is 0 Å². The number of rotatable bonds is 3. The van der Waals surface area contributed by atoms with Crippen molar-refractivity contribution in [2.75, 3.05) is 17.3 Å². The van der Waals surface area contributed by atoms with E-state index in [2.05, 4.69) is 21.4 Å². The van der Waals surface area contributed by atoms with Gasteiger partial charge in [-0.1, -0.05) is 12.1 Å². The van der Waals surface area contributed by atoms with E-state index < -0.39 is 0 Å². The molecule has 2 aromatic rings. The van der Waals surface area contributed by atoms with Crippen LogP contribution < -0.4 is 11.1 Å². The van der Waals surface area contributed by atoms with E-state index in [1.165, 1.54) is 4.90 Å². The summed E-state index contributed by atoms with van der Waals surface area (Å²) in [5.41, 5.74) is 6.54. The summed E-state index contributed by atoms with van der Waals surface area (Å²) in [6, 6.07) is 9.83. The van der Waals surface area contributed by atoms with Gasteiger partial charge in [-0.25, -0.2) is 4.98 Å². The molecule has 1 heterocycles. The average molecular weight is 232 g/mol. The maximum Gasteiger partial charge on any atom is 0.221 e. The molecule has 3 N–H and O–H groups in total. The number of thioether (sulfide) groups is 1. The van der Waals surface area contributed by atoms with E-state index in [-0.39, 0.29) is 5.95 Å². The van der Waals surface area contributed by atoms with Crippen LogP contribution in [0.4, 0.5) is 17.5 Å². The van der Waals surface area contributed by atoms with Crippen molar-refractivity contribution in [3.63, 3.8) is 0 Å². The van der Waals surface area contributed by atoms with Gasteiger partial charge in [-0.05, 0) is 24.5 Å². The largest absolute Gasteiger partial charge is 0.368 e. The Morgan fingerprint density at radius 3 is 2.81 bits per heavy atom. The number of anilines is 3. The number of hydrogen-bond acceptors (Lipinski definition) is 5. The van der Waals surface area contributed by atoms with E-state index in [1.54, 1.807) is 24.0 Å². The highest BCUT2D eigenvalue weighted by Gasteiger charge is 2.01. The smallest absolute Gasteiger partial charge is 0.221 e. The van der Waals surface area contributed by atoms with E-state index in [9.17, 15) is 0 Å². The Morgan fingerprint density at radius 1 is 1.25 bits per heavy atom. The predicted molar refractivity (Wildman–Crippen MR) is 68.0 cm³/mol.